The Morgan fingerprint density at radius 2 is 1.69 bits per heavy atom. The van der Waals surface area contributed by atoms with Gasteiger partial charge in [-0.25, -0.2) is 4.79 Å². The molecule has 0 radical (unpaired) electrons. The van der Waals surface area contributed by atoms with Gasteiger partial charge in [0.2, 0.25) is 0 Å². The highest BCUT2D eigenvalue weighted by atomic mass is 16.5. The monoisotopic (exact) mass is 655 g/mol. The predicted molar refractivity (Wildman–Crippen MR) is 185 cm³/mol. The molecule has 0 saturated carbocycles. The van der Waals surface area contributed by atoms with Crippen LogP contribution in [0.2, 0.25) is 0 Å². The first-order chi connectivity index (χ1) is 23.2. The van der Waals surface area contributed by atoms with E-state index in [4.69, 9.17) is 4.74 Å². The van der Waals surface area contributed by atoms with Crippen LogP contribution in [-0.2, 0) is 37.7 Å². The molecule has 3 aliphatic heterocycles. The molecule has 1 atom stereocenters. The highest BCUT2D eigenvalue weighted by Crippen LogP contribution is 2.35. The molecule has 2 aromatic carbocycles. The van der Waals surface area contributed by atoms with Crippen molar-refractivity contribution in [3.8, 4) is 11.3 Å². The molecule has 1 saturated heterocycles. The molecule has 3 aliphatic rings. The van der Waals surface area contributed by atoms with E-state index < -0.39 is 6.09 Å². The highest BCUT2D eigenvalue weighted by molar-refractivity contribution is 6.03. The zero-order valence-corrected chi connectivity index (χ0v) is 28.8. The lowest BCUT2D eigenvalue weighted by atomic mass is 9.89. The Kier molecular flexibility index (Phi) is 10.2. The van der Waals surface area contributed by atoms with E-state index in [1.807, 2.05) is 53.5 Å². The molecule has 1 aromatic heterocycles. The van der Waals surface area contributed by atoms with Crippen LogP contribution in [0.4, 0.5) is 4.79 Å². The average Bonchev–Trinajstić information content (AvgIpc) is 3.40. The molecule has 0 spiro atoms. The van der Waals surface area contributed by atoms with Crippen molar-refractivity contribution in [3.05, 3.63) is 81.5 Å². The number of unbranched alkanes of at least 4 members (excludes halogenated alkanes) is 1. The molecule has 1 fully saturated rings. The van der Waals surface area contributed by atoms with Crippen molar-refractivity contribution < 1.29 is 24.2 Å². The minimum absolute atomic E-state index is 0.00597. The van der Waals surface area contributed by atoms with E-state index in [9.17, 15) is 14.7 Å². The molecule has 256 valence electrons. The Labute approximate surface area is 283 Å². The number of aromatic nitrogens is 1. The molecule has 48 heavy (non-hydrogen) atoms. The third kappa shape index (κ3) is 6.73. The molecule has 10 nitrogen and oxygen atoms in total. The number of carboxylic acid groups (broad SMARTS) is 1. The minimum atomic E-state index is -0.958. The van der Waals surface area contributed by atoms with E-state index in [0.717, 1.165) is 72.5 Å². The van der Waals surface area contributed by atoms with Gasteiger partial charge in [0, 0.05) is 88.0 Å². The molecular weight excluding hydrogens is 606 g/mol. The largest absolute Gasteiger partial charge is 0.465 e. The summed E-state index contributed by atoms with van der Waals surface area (Å²) in [6, 6.07) is 14.3. The van der Waals surface area contributed by atoms with Gasteiger partial charge in [0.15, 0.2) is 0 Å². The summed E-state index contributed by atoms with van der Waals surface area (Å²) in [4.78, 5) is 48.5. The second-order valence-corrected chi connectivity index (χ2v) is 13.4. The third-order valence-corrected chi connectivity index (χ3v) is 10.5. The van der Waals surface area contributed by atoms with Gasteiger partial charge in [-0.05, 0) is 73.6 Å². The number of carbonyl (C=O) groups is 3. The van der Waals surface area contributed by atoms with Crippen LogP contribution in [0.15, 0.2) is 42.5 Å². The van der Waals surface area contributed by atoms with Crippen molar-refractivity contribution >= 4 is 17.9 Å². The SMILES string of the molecule is CCCCN(CC)C(=O)c1cc(-c2cc3c(cc2C(=O)N2Cc4ccccc4C[C@H]2CN2CCOCC2)CN(C(=O)O)CC3)n(C)c1C. The van der Waals surface area contributed by atoms with Crippen LogP contribution in [0.1, 0.15) is 75.4 Å². The normalized spacial score (nSPS) is 18.0. The van der Waals surface area contributed by atoms with Crippen molar-refractivity contribution in [1.29, 1.82) is 0 Å². The van der Waals surface area contributed by atoms with Gasteiger partial charge in [-0.15, -0.1) is 0 Å². The smallest absolute Gasteiger partial charge is 0.407 e. The zero-order chi connectivity index (χ0) is 33.9. The summed E-state index contributed by atoms with van der Waals surface area (Å²) in [6.45, 7) is 12.4. The summed E-state index contributed by atoms with van der Waals surface area (Å²) in [5.41, 5.74) is 7.97. The van der Waals surface area contributed by atoms with Crippen molar-refractivity contribution in [3.63, 3.8) is 0 Å². The van der Waals surface area contributed by atoms with Gasteiger partial charge in [-0.1, -0.05) is 37.6 Å². The van der Waals surface area contributed by atoms with E-state index >= 15 is 4.79 Å². The number of rotatable bonds is 9. The number of carbonyl (C=O) groups excluding carboxylic acids is 2. The van der Waals surface area contributed by atoms with E-state index in [1.54, 1.807) is 0 Å². The number of amides is 3. The standard InChI is InChI=1S/C38H49N5O5/c1-5-7-13-41(6-2)36(44)32-22-35(39(4)26(32)3)33-20-28-12-14-42(38(46)47)23-30(28)21-34(33)37(45)43-24-29-11-9-8-10-27(29)19-31(43)25-40-15-17-48-18-16-40/h8-11,20-22,31H,5-7,12-19,23-25H2,1-4H3,(H,46,47)/t31-/m0/s1. The van der Waals surface area contributed by atoms with Gasteiger partial charge in [-0.2, -0.15) is 0 Å². The van der Waals surface area contributed by atoms with Gasteiger partial charge in [0.1, 0.15) is 0 Å². The molecular formula is C38H49N5O5. The van der Waals surface area contributed by atoms with Crippen LogP contribution in [0, 0.1) is 6.92 Å². The van der Waals surface area contributed by atoms with Crippen LogP contribution in [0.3, 0.4) is 0 Å². The Hall–Kier alpha value is -4.15. The molecule has 3 aromatic rings. The van der Waals surface area contributed by atoms with E-state index in [2.05, 4.69) is 36.1 Å². The Morgan fingerprint density at radius 1 is 0.938 bits per heavy atom. The number of fused-ring (bicyclic) bond motifs is 2. The maximum absolute atomic E-state index is 15.0. The van der Waals surface area contributed by atoms with Gasteiger partial charge in [-0.3, -0.25) is 14.5 Å². The number of morpholine rings is 1. The maximum atomic E-state index is 15.0. The lowest BCUT2D eigenvalue weighted by Gasteiger charge is -2.41. The van der Waals surface area contributed by atoms with Crippen LogP contribution in [0.5, 0.6) is 0 Å². The summed E-state index contributed by atoms with van der Waals surface area (Å²) < 4.78 is 7.65. The van der Waals surface area contributed by atoms with Gasteiger partial charge >= 0.3 is 6.09 Å². The first-order valence-electron chi connectivity index (χ1n) is 17.5. The summed E-state index contributed by atoms with van der Waals surface area (Å²) in [7, 11) is 1.96. The Balaban J connectivity index is 1.44. The van der Waals surface area contributed by atoms with Crippen molar-refractivity contribution in [2.75, 3.05) is 52.5 Å². The lowest BCUT2D eigenvalue weighted by molar-refractivity contribution is 0.0193. The zero-order valence-electron chi connectivity index (χ0n) is 28.8. The predicted octanol–water partition coefficient (Wildman–Crippen LogP) is 5.20. The van der Waals surface area contributed by atoms with Gasteiger partial charge in [0.05, 0.1) is 18.8 Å². The molecule has 0 unspecified atom stereocenters. The van der Waals surface area contributed by atoms with E-state index in [1.165, 1.54) is 10.5 Å². The first kappa shape index (κ1) is 33.7. The fourth-order valence-electron chi connectivity index (χ4n) is 7.48. The molecule has 3 amide bonds. The number of nitrogens with zero attached hydrogens (tertiary/aromatic N) is 5. The second-order valence-electron chi connectivity index (χ2n) is 13.4. The molecule has 1 N–H and O–H groups in total. The summed E-state index contributed by atoms with van der Waals surface area (Å²) in [6.07, 6.45) is 2.32. The summed E-state index contributed by atoms with van der Waals surface area (Å²) >= 11 is 0. The Bertz CT molecular complexity index is 1680. The molecule has 0 bridgehead atoms. The van der Waals surface area contributed by atoms with Crippen LogP contribution in [-0.4, -0.2) is 106 Å². The topological polar surface area (TPSA) is 98.6 Å². The van der Waals surface area contributed by atoms with E-state index in [-0.39, 0.29) is 24.4 Å². The lowest BCUT2D eigenvalue weighted by Crippen LogP contribution is -2.52. The fourth-order valence-corrected chi connectivity index (χ4v) is 7.48. The van der Waals surface area contributed by atoms with Crippen molar-refractivity contribution in [2.45, 2.75) is 65.6 Å². The highest BCUT2D eigenvalue weighted by Gasteiger charge is 2.35. The first-order valence-corrected chi connectivity index (χ1v) is 17.5. The van der Waals surface area contributed by atoms with Gasteiger partial charge in [0.25, 0.3) is 11.8 Å². The summed E-state index contributed by atoms with van der Waals surface area (Å²) in [5.74, 6) is -0.0654. The number of ether oxygens (including phenoxy) is 1. The molecule has 4 heterocycles. The van der Waals surface area contributed by atoms with Crippen LogP contribution in [0.25, 0.3) is 11.3 Å². The minimum Gasteiger partial charge on any atom is -0.465 e. The molecule has 0 aliphatic carbocycles. The molecule has 6 rings (SSSR count). The summed E-state index contributed by atoms with van der Waals surface area (Å²) in [5, 5.41) is 9.80. The number of benzene rings is 2. The molecule has 10 heteroatoms. The van der Waals surface area contributed by atoms with Crippen molar-refractivity contribution in [1.82, 2.24) is 24.2 Å². The van der Waals surface area contributed by atoms with Crippen molar-refractivity contribution in [2.24, 2.45) is 7.05 Å². The number of hydrogen-bond donors (Lipinski definition) is 1. The van der Waals surface area contributed by atoms with E-state index in [0.29, 0.717) is 56.9 Å². The second kappa shape index (κ2) is 14.5. The average molecular weight is 656 g/mol. The number of hydrogen-bond acceptors (Lipinski definition) is 5. The fraction of sp³-hybridized carbons (Fsp3) is 0.500. The van der Waals surface area contributed by atoms with Crippen LogP contribution < -0.4 is 0 Å². The quantitative estimate of drug-likeness (QED) is 0.341. The van der Waals surface area contributed by atoms with Crippen LogP contribution >= 0.6 is 0 Å². The van der Waals surface area contributed by atoms with Gasteiger partial charge < -0.3 is 29.1 Å². The third-order valence-electron chi connectivity index (χ3n) is 10.5. The Morgan fingerprint density at radius 3 is 2.40 bits per heavy atom. The maximum Gasteiger partial charge on any atom is 0.407 e.